The van der Waals surface area contributed by atoms with Crippen LogP contribution in [0.2, 0.25) is 0 Å². The van der Waals surface area contributed by atoms with Crippen molar-refractivity contribution in [3.05, 3.63) is 18.0 Å². The highest BCUT2D eigenvalue weighted by atomic mass is 15.3. The van der Waals surface area contributed by atoms with Crippen LogP contribution in [0.5, 0.6) is 0 Å². The van der Waals surface area contributed by atoms with Crippen LogP contribution in [0.1, 0.15) is 59.1 Å². The number of aromatic nitrogens is 2. The van der Waals surface area contributed by atoms with Crippen molar-refractivity contribution in [2.24, 2.45) is 0 Å². The second-order valence-corrected chi connectivity index (χ2v) is 5.77. The van der Waals surface area contributed by atoms with E-state index >= 15 is 0 Å². The summed E-state index contributed by atoms with van der Waals surface area (Å²) in [6.45, 7) is 9.08. The van der Waals surface area contributed by atoms with E-state index in [1.54, 1.807) is 0 Å². The van der Waals surface area contributed by atoms with Gasteiger partial charge in [-0.05, 0) is 39.2 Å². The lowest BCUT2D eigenvalue weighted by Crippen LogP contribution is -2.26. The predicted molar refractivity (Wildman–Crippen MR) is 63.0 cm³/mol. The maximum absolute atomic E-state index is 4.75. The van der Waals surface area contributed by atoms with Gasteiger partial charge in [-0.3, -0.25) is 4.68 Å². The zero-order valence-electron chi connectivity index (χ0n) is 10.4. The monoisotopic (exact) mass is 206 g/mol. The largest absolute Gasteiger partial charge is 0.267 e. The molecule has 1 aliphatic carbocycles. The summed E-state index contributed by atoms with van der Waals surface area (Å²) < 4.78 is 2.15. The summed E-state index contributed by atoms with van der Waals surface area (Å²) in [6.07, 6.45) is 7.15. The minimum atomic E-state index is 0.165. The van der Waals surface area contributed by atoms with Gasteiger partial charge in [0.05, 0.1) is 11.2 Å². The Balaban J connectivity index is 2.19. The van der Waals surface area contributed by atoms with Gasteiger partial charge in [-0.2, -0.15) is 5.10 Å². The Morgan fingerprint density at radius 2 is 2.13 bits per heavy atom. The van der Waals surface area contributed by atoms with E-state index in [1.807, 2.05) is 0 Å². The molecular weight excluding hydrogens is 184 g/mol. The molecule has 2 nitrogen and oxygen atoms in total. The smallest absolute Gasteiger partial charge is 0.0683 e. The van der Waals surface area contributed by atoms with Gasteiger partial charge in [0.25, 0.3) is 0 Å². The third-order valence-corrected chi connectivity index (χ3v) is 3.69. The Kier molecular flexibility index (Phi) is 2.40. The van der Waals surface area contributed by atoms with Gasteiger partial charge in [0, 0.05) is 11.6 Å². The van der Waals surface area contributed by atoms with Crippen LogP contribution < -0.4 is 0 Å². The summed E-state index contributed by atoms with van der Waals surface area (Å²) in [7, 11) is 0. The SMILES string of the molecule is CCCC(C)(C)n1ccc(C2(C)CC2)n1. The highest BCUT2D eigenvalue weighted by Gasteiger charge is 2.41. The van der Waals surface area contributed by atoms with Gasteiger partial charge in [-0.1, -0.05) is 20.3 Å². The molecule has 1 aliphatic rings. The van der Waals surface area contributed by atoms with Crippen LogP contribution >= 0.6 is 0 Å². The Morgan fingerprint density at radius 1 is 1.47 bits per heavy atom. The Labute approximate surface area is 92.7 Å². The molecule has 0 unspecified atom stereocenters. The molecule has 0 amide bonds. The first kappa shape index (κ1) is 10.7. The first-order valence-electron chi connectivity index (χ1n) is 6.05. The molecule has 0 aromatic carbocycles. The average Bonchev–Trinajstić information content (AvgIpc) is 2.72. The molecule has 0 saturated heterocycles. The van der Waals surface area contributed by atoms with E-state index < -0.39 is 0 Å². The normalized spacial score (nSPS) is 19.2. The number of hydrogen-bond acceptors (Lipinski definition) is 1. The van der Waals surface area contributed by atoms with E-state index in [0.717, 1.165) is 0 Å². The maximum Gasteiger partial charge on any atom is 0.0683 e. The van der Waals surface area contributed by atoms with Crippen molar-refractivity contribution in [3.8, 4) is 0 Å². The molecule has 2 heteroatoms. The lowest BCUT2D eigenvalue weighted by Gasteiger charge is -2.24. The minimum Gasteiger partial charge on any atom is -0.267 e. The third kappa shape index (κ3) is 1.95. The van der Waals surface area contributed by atoms with Crippen LogP contribution in [0.3, 0.4) is 0 Å². The topological polar surface area (TPSA) is 17.8 Å². The molecule has 1 aromatic rings. The van der Waals surface area contributed by atoms with Crippen molar-refractivity contribution in [2.45, 2.75) is 64.3 Å². The summed E-state index contributed by atoms with van der Waals surface area (Å²) in [4.78, 5) is 0. The van der Waals surface area contributed by atoms with Gasteiger partial charge in [-0.25, -0.2) is 0 Å². The first-order valence-corrected chi connectivity index (χ1v) is 6.05. The summed E-state index contributed by atoms with van der Waals surface area (Å²) >= 11 is 0. The number of rotatable bonds is 4. The summed E-state index contributed by atoms with van der Waals surface area (Å²) in [6, 6.07) is 2.20. The molecular formula is C13H22N2. The molecule has 1 saturated carbocycles. The van der Waals surface area contributed by atoms with E-state index in [-0.39, 0.29) is 5.54 Å². The van der Waals surface area contributed by atoms with Gasteiger partial charge in [0.15, 0.2) is 0 Å². The van der Waals surface area contributed by atoms with Gasteiger partial charge in [0.2, 0.25) is 0 Å². The van der Waals surface area contributed by atoms with Crippen molar-refractivity contribution < 1.29 is 0 Å². The molecule has 2 rings (SSSR count). The molecule has 15 heavy (non-hydrogen) atoms. The molecule has 0 N–H and O–H groups in total. The van der Waals surface area contributed by atoms with Gasteiger partial charge in [0.1, 0.15) is 0 Å². The van der Waals surface area contributed by atoms with Crippen LogP contribution in [-0.4, -0.2) is 9.78 Å². The molecule has 0 radical (unpaired) electrons. The molecule has 1 fully saturated rings. The highest BCUT2D eigenvalue weighted by Crippen LogP contribution is 2.46. The molecule has 0 aliphatic heterocycles. The summed E-state index contributed by atoms with van der Waals surface area (Å²) in [5, 5.41) is 4.75. The number of nitrogens with zero attached hydrogens (tertiary/aromatic N) is 2. The van der Waals surface area contributed by atoms with E-state index in [9.17, 15) is 0 Å². The van der Waals surface area contributed by atoms with E-state index in [4.69, 9.17) is 5.10 Å². The van der Waals surface area contributed by atoms with Crippen molar-refractivity contribution in [1.29, 1.82) is 0 Å². The van der Waals surface area contributed by atoms with Crippen molar-refractivity contribution >= 4 is 0 Å². The molecule has 0 atom stereocenters. The summed E-state index contributed by atoms with van der Waals surface area (Å²) in [5.74, 6) is 0. The molecule has 1 aromatic heterocycles. The predicted octanol–water partition coefficient (Wildman–Crippen LogP) is 3.47. The molecule has 0 spiro atoms. The minimum absolute atomic E-state index is 0.165. The van der Waals surface area contributed by atoms with Gasteiger partial charge < -0.3 is 0 Å². The molecule has 1 heterocycles. The summed E-state index contributed by atoms with van der Waals surface area (Å²) in [5.41, 5.74) is 1.85. The third-order valence-electron chi connectivity index (χ3n) is 3.69. The highest BCUT2D eigenvalue weighted by molar-refractivity contribution is 5.21. The van der Waals surface area contributed by atoms with Gasteiger partial charge in [-0.15, -0.1) is 0 Å². The average molecular weight is 206 g/mol. The van der Waals surface area contributed by atoms with E-state index in [2.05, 4.69) is 44.6 Å². The van der Waals surface area contributed by atoms with E-state index in [0.29, 0.717) is 5.41 Å². The van der Waals surface area contributed by atoms with Crippen LogP contribution in [-0.2, 0) is 11.0 Å². The van der Waals surface area contributed by atoms with Crippen molar-refractivity contribution in [3.63, 3.8) is 0 Å². The van der Waals surface area contributed by atoms with Crippen LogP contribution in [0.4, 0.5) is 0 Å². The zero-order valence-corrected chi connectivity index (χ0v) is 10.4. The van der Waals surface area contributed by atoms with E-state index in [1.165, 1.54) is 31.4 Å². The van der Waals surface area contributed by atoms with Crippen molar-refractivity contribution in [2.75, 3.05) is 0 Å². The Bertz CT molecular complexity index is 345. The fourth-order valence-corrected chi connectivity index (χ4v) is 2.15. The lowest BCUT2D eigenvalue weighted by molar-refractivity contribution is 0.290. The van der Waals surface area contributed by atoms with Crippen LogP contribution in [0.15, 0.2) is 12.3 Å². The lowest BCUT2D eigenvalue weighted by atomic mass is 10.00. The molecule has 84 valence electrons. The second-order valence-electron chi connectivity index (χ2n) is 5.77. The maximum atomic E-state index is 4.75. The Morgan fingerprint density at radius 3 is 2.67 bits per heavy atom. The fraction of sp³-hybridized carbons (Fsp3) is 0.769. The van der Waals surface area contributed by atoms with Gasteiger partial charge >= 0.3 is 0 Å². The quantitative estimate of drug-likeness (QED) is 0.737. The fourth-order valence-electron chi connectivity index (χ4n) is 2.15. The first-order chi connectivity index (χ1) is 6.98. The Hall–Kier alpha value is -0.790. The van der Waals surface area contributed by atoms with Crippen LogP contribution in [0.25, 0.3) is 0 Å². The van der Waals surface area contributed by atoms with Crippen LogP contribution in [0, 0.1) is 0 Å². The zero-order chi connectivity index (χ0) is 11.1. The molecule has 0 bridgehead atoms. The number of hydrogen-bond donors (Lipinski definition) is 0. The second kappa shape index (κ2) is 3.36. The standard InChI is InChI=1S/C13H22N2/c1-5-7-12(2,3)15-10-6-11(14-15)13(4)8-9-13/h6,10H,5,7-9H2,1-4H3. The van der Waals surface area contributed by atoms with Crippen molar-refractivity contribution in [1.82, 2.24) is 9.78 Å².